The molecule has 1 saturated heterocycles. The monoisotopic (exact) mass is 361 g/mol. The quantitative estimate of drug-likeness (QED) is 0.628. The Balaban J connectivity index is 1.48. The molecule has 142 valence electrons. The van der Waals surface area contributed by atoms with Crippen LogP contribution in [0.3, 0.4) is 0 Å². The summed E-state index contributed by atoms with van der Waals surface area (Å²) in [4.78, 5) is 16.5. The number of likely N-dealkylation sites (tertiary alicyclic amines) is 1. The van der Waals surface area contributed by atoms with Crippen LogP contribution in [0.4, 0.5) is 4.39 Å². The normalized spacial score (nSPS) is 29.7. The fraction of sp³-hybridized carbons (Fsp3) is 0.650. The summed E-state index contributed by atoms with van der Waals surface area (Å²) in [5.41, 5.74) is 3.83. The van der Waals surface area contributed by atoms with Gasteiger partial charge in [0.2, 0.25) is 0 Å². The third-order valence-corrected chi connectivity index (χ3v) is 6.73. The Bertz CT molecular complexity index is 711. The molecule has 0 unspecified atom stereocenters. The summed E-state index contributed by atoms with van der Waals surface area (Å²) in [6.45, 7) is 3.94. The molecule has 0 aromatic heterocycles. The van der Waals surface area contributed by atoms with Gasteiger partial charge in [-0.05, 0) is 75.2 Å². The molecule has 2 aliphatic heterocycles. The second kappa shape index (κ2) is 6.91. The molecule has 2 fully saturated rings. The van der Waals surface area contributed by atoms with Crippen molar-refractivity contribution in [1.29, 1.82) is 0 Å². The highest BCUT2D eigenvalue weighted by molar-refractivity contribution is 5.93. The van der Waals surface area contributed by atoms with Crippen LogP contribution in [0.5, 0.6) is 0 Å². The van der Waals surface area contributed by atoms with Gasteiger partial charge in [0.05, 0.1) is 0 Å². The zero-order valence-electron chi connectivity index (χ0n) is 15.4. The maximum absolute atomic E-state index is 14.6. The lowest BCUT2D eigenvalue weighted by Crippen LogP contribution is -2.42. The third-order valence-electron chi connectivity index (χ3n) is 6.73. The smallest absolute Gasteiger partial charge is 0.274 e. The Morgan fingerprint density at radius 2 is 2.19 bits per heavy atom. The number of amides is 1. The standard InChI is InChI=1S/C20H28FN3O2/c1-23-7-2-5-20(13-23)6-3-16(11-20)24-8-4-14-9-15(19(25)22-26)10-18(21)17(14)12-24/h9-10,16,26H,2-8,11-13H2,1H3,(H,22,25)/t16-,20+/m1/s1. The molecular formula is C20H28FN3O2. The first-order valence-electron chi connectivity index (χ1n) is 9.68. The van der Waals surface area contributed by atoms with Crippen molar-refractivity contribution in [1.82, 2.24) is 15.3 Å². The Hall–Kier alpha value is -1.50. The van der Waals surface area contributed by atoms with E-state index in [9.17, 15) is 9.18 Å². The predicted octanol–water partition coefficient (Wildman–Crippen LogP) is 2.57. The Morgan fingerprint density at radius 1 is 1.35 bits per heavy atom. The zero-order chi connectivity index (χ0) is 18.3. The Labute approximate surface area is 154 Å². The number of carbonyl (C=O) groups is 1. The van der Waals surface area contributed by atoms with Crippen molar-refractivity contribution in [2.45, 2.75) is 51.1 Å². The van der Waals surface area contributed by atoms with E-state index in [4.69, 9.17) is 5.21 Å². The van der Waals surface area contributed by atoms with Crippen LogP contribution in [0.15, 0.2) is 12.1 Å². The zero-order valence-corrected chi connectivity index (χ0v) is 15.4. The number of hydrogen-bond donors (Lipinski definition) is 2. The molecule has 4 rings (SSSR count). The molecule has 1 spiro atoms. The molecule has 1 saturated carbocycles. The summed E-state index contributed by atoms with van der Waals surface area (Å²) in [7, 11) is 2.22. The van der Waals surface area contributed by atoms with Gasteiger partial charge >= 0.3 is 0 Å². The van der Waals surface area contributed by atoms with E-state index in [0.717, 1.165) is 18.5 Å². The number of halogens is 1. The molecule has 3 aliphatic rings. The van der Waals surface area contributed by atoms with Crippen LogP contribution >= 0.6 is 0 Å². The maximum atomic E-state index is 14.6. The molecule has 6 heteroatoms. The summed E-state index contributed by atoms with van der Waals surface area (Å²) in [5, 5.41) is 8.77. The highest BCUT2D eigenvalue weighted by atomic mass is 19.1. The number of carbonyl (C=O) groups excluding carboxylic acids is 1. The first-order chi connectivity index (χ1) is 12.5. The summed E-state index contributed by atoms with van der Waals surface area (Å²) in [6.07, 6.45) is 7.07. The van der Waals surface area contributed by atoms with Gasteiger partial charge in [0, 0.05) is 36.8 Å². The van der Waals surface area contributed by atoms with Crippen molar-refractivity contribution in [3.63, 3.8) is 0 Å². The summed E-state index contributed by atoms with van der Waals surface area (Å²) >= 11 is 0. The third kappa shape index (κ3) is 3.26. The molecular weight excluding hydrogens is 333 g/mol. The van der Waals surface area contributed by atoms with Crippen LogP contribution < -0.4 is 5.48 Å². The van der Waals surface area contributed by atoms with E-state index in [2.05, 4.69) is 16.8 Å². The fourth-order valence-corrected chi connectivity index (χ4v) is 5.46. The number of rotatable bonds is 2. The number of fused-ring (bicyclic) bond motifs is 1. The van der Waals surface area contributed by atoms with Crippen molar-refractivity contribution in [2.24, 2.45) is 5.41 Å². The van der Waals surface area contributed by atoms with E-state index in [0.29, 0.717) is 23.6 Å². The minimum absolute atomic E-state index is 0.183. The van der Waals surface area contributed by atoms with Crippen molar-refractivity contribution in [3.05, 3.63) is 34.6 Å². The first kappa shape index (κ1) is 17.9. The van der Waals surface area contributed by atoms with Gasteiger partial charge < -0.3 is 4.90 Å². The van der Waals surface area contributed by atoms with Crippen molar-refractivity contribution < 1.29 is 14.4 Å². The first-order valence-corrected chi connectivity index (χ1v) is 9.68. The number of nitrogens with one attached hydrogen (secondary N) is 1. The van der Waals surface area contributed by atoms with Gasteiger partial charge in [0.1, 0.15) is 5.82 Å². The molecule has 1 aromatic carbocycles. The lowest BCUT2D eigenvalue weighted by molar-refractivity contribution is 0.0705. The van der Waals surface area contributed by atoms with Gasteiger partial charge in [-0.25, -0.2) is 9.87 Å². The van der Waals surface area contributed by atoms with E-state index in [1.165, 1.54) is 51.3 Å². The number of nitrogens with zero attached hydrogens (tertiary/aromatic N) is 2. The topological polar surface area (TPSA) is 55.8 Å². The minimum Gasteiger partial charge on any atom is -0.306 e. The molecule has 2 N–H and O–H groups in total. The van der Waals surface area contributed by atoms with E-state index in [1.54, 1.807) is 11.5 Å². The largest absolute Gasteiger partial charge is 0.306 e. The van der Waals surface area contributed by atoms with E-state index >= 15 is 0 Å². The van der Waals surface area contributed by atoms with Gasteiger partial charge in [-0.3, -0.25) is 14.9 Å². The average Bonchev–Trinajstić information content (AvgIpc) is 3.03. The van der Waals surface area contributed by atoms with E-state index in [-0.39, 0.29) is 11.4 Å². The van der Waals surface area contributed by atoms with Gasteiger partial charge in [0.15, 0.2) is 0 Å². The fourth-order valence-electron chi connectivity index (χ4n) is 5.46. The average molecular weight is 361 g/mol. The lowest BCUT2D eigenvalue weighted by Gasteiger charge is -2.40. The van der Waals surface area contributed by atoms with Crippen LogP contribution in [0.1, 0.15) is 53.6 Å². The van der Waals surface area contributed by atoms with Gasteiger partial charge in [0.25, 0.3) is 5.91 Å². The summed E-state index contributed by atoms with van der Waals surface area (Å²) in [5.74, 6) is -0.996. The van der Waals surface area contributed by atoms with E-state index < -0.39 is 5.91 Å². The van der Waals surface area contributed by atoms with Gasteiger partial charge in [-0.1, -0.05) is 0 Å². The minimum atomic E-state index is -0.659. The number of hydroxylamine groups is 1. The van der Waals surface area contributed by atoms with Crippen LogP contribution in [0, 0.1) is 11.2 Å². The van der Waals surface area contributed by atoms with E-state index in [1.807, 2.05) is 0 Å². The van der Waals surface area contributed by atoms with Crippen LogP contribution in [0.25, 0.3) is 0 Å². The highest BCUT2D eigenvalue weighted by Crippen LogP contribution is 2.46. The Morgan fingerprint density at radius 3 is 2.96 bits per heavy atom. The SMILES string of the molecule is CN1CCC[C@@]2(CC[C@@H](N3CCc4cc(C(=O)NO)cc(F)c4C3)C2)C1. The molecule has 0 bridgehead atoms. The number of benzene rings is 1. The van der Waals surface area contributed by atoms with Crippen LogP contribution in [-0.4, -0.2) is 53.6 Å². The molecule has 5 nitrogen and oxygen atoms in total. The van der Waals surface area contributed by atoms with Crippen molar-refractivity contribution in [2.75, 3.05) is 26.7 Å². The van der Waals surface area contributed by atoms with Crippen molar-refractivity contribution in [3.8, 4) is 0 Å². The maximum Gasteiger partial charge on any atom is 0.274 e. The molecule has 0 radical (unpaired) electrons. The molecule has 1 amide bonds. The highest BCUT2D eigenvalue weighted by Gasteiger charge is 2.43. The number of piperidine rings is 1. The molecule has 2 heterocycles. The molecule has 1 aliphatic carbocycles. The van der Waals surface area contributed by atoms with Crippen molar-refractivity contribution >= 4 is 5.91 Å². The Kier molecular flexibility index (Phi) is 4.75. The summed E-state index contributed by atoms with van der Waals surface area (Å²) < 4.78 is 14.6. The van der Waals surface area contributed by atoms with Gasteiger partial charge in [-0.15, -0.1) is 0 Å². The van der Waals surface area contributed by atoms with Crippen LogP contribution in [0.2, 0.25) is 0 Å². The molecule has 26 heavy (non-hydrogen) atoms. The predicted molar refractivity (Wildman–Crippen MR) is 96.6 cm³/mol. The van der Waals surface area contributed by atoms with Crippen LogP contribution in [-0.2, 0) is 13.0 Å². The lowest BCUT2D eigenvalue weighted by atomic mass is 9.78. The number of hydrogen-bond acceptors (Lipinski definition) is 4. The van der Waals surface area contributed by atoms with Gasteiger partial charge in [-0.2, -0.15) is 0 Å². The second-order valence-electron chi connectivity index (χ2n) is 8.50. The summed E-state index contributed by atoms with van der Waals surface area (Å²) in [6, 6.07) is 3.49. The second-order valence-corrected chi connectivity index (χ2v) is 8.50. The molecule has 2 atom stereocenters. The molecule has 1 aromatic rings.